The van der Waals surface area contributed by atoms with E-state index in [-0.39, 0.29) is 22.2 Å². The predicted molar refractivity (Wildman–Crippen MR) is 72.2 cm³/mol. The van der Waals surface area contributed by atoms with Gasteiger partial charge in [-0.1, -0.05) is 5.10 Å². The Bertz CT molecular complexity index is 785. The second-order valence-electron chi connectivity index (χ2n) is 3.89. The van der Waals surface area contributed by atoms with Gasteiger partial charge >= 0.3 is 0 Å². The summed E-state index contributed by atoms with van der Waals surface area (Å²) in [6.07, 6.45) is 0. The Hall–Kier alpha value is -2.76. The lowest BCUT2D eigenvalue weighted by Crippen LogP contribution is -2.14. The van der Waals surface area contributed by atoms with Gasteiger partial charge in [0.05, 0.1) is 16.9 Å². The molecular formula is C9H11N7O4S. The summed E-state index contributed by atoms with van der Waals surface area (Å²) in [7, 11) is -1.07. The molecule has 2 N–H and O–H groups in total. The lowest BCUT2D eigenvalue weighted by molar-refractivity contribution is -0.384. The highest BCUT2D eigenvalue weighted by Crippen LogP contribution is 2.27. The average molecular weight is 313 g/mol. The van der Waals surface area contributed by atoms with E-state index in [1.54, 1.807) is 0 Å². The summed E-state index contributed by atoms with van der Waals surface area (Å²) in [5.74, 6) is -0.224. The number of tetrazole rings is 1. The van der Waals surface area contributed by atoms with Crippen LogP contribution in [0.25, 0.3) is 0 Å². The molecule has 0 fully saturated rings. The topological polar surface area (TPSA) is 145 Å². The standard InChI is InChI=1S/C9H11N7O4S/c1-10-7-4-3-6(5-8(7)16(17)18)21(19,20)13-9-11-14-15(2)12-9/h3-5,10H,1-2H3,(H,12,13). The van der Waals surface area contributed by atoms with Crippen LogP contribution in [0.4, 0.5) is 17.3 Å². The number of nitrogens with zero attached hydrogens (tertiary/aromatic N) is 5. The highest BCUT2D eigenvalue weighted by Gasteiger charge is 2.22. The number of anilines is 2. The van der Waals surface area contributed by atoms with Crippen molar-refractivity contribution in [2.75, 3.05) is 17.1 Å². The van der Waals surface area contributed by atoms with E-state index in [4.69, 9.17) is 0 Å². The van der Waals surface area contributed by atoms with Crippen LogP contribution in [-0.4, -0.2) is 40.6 Å². The summed E-state index contributed by atoms with van der Waals surface area (Å²) < 4.78 is 26.3. The van der Waals surface area contributed by atoms with E-state index in [0.717, 1.165) is 10.9 Å². The summed E-state index contributed by atoms with van der Waals surface area (Å²) in [5, 5.41) is 24.2. The Balaban J connectivity index is 2.40. The van der Waals surface area contributed by atoms with E-state index in [9.17, 15) is 18.5 Å². The van der Waals surface area contributed by atoms with Crippen molar-refractivity contribution < 1.29 is 13.3 Å². The van der Waals surface area contributed by atoms with Gasteiger partial charge in [0.1, 0.15) is 5.69 Å². The maximum atomic E-state index is 12.1. The molecule has 0 saturated carbocycles. The molecule has 0 aliphatic rings. The number of hydrogen-bond donors (Lipinski definition) is 2. The summed E-state index contributed by atoms with van der Waals surface area (Å²) in [4.78, 5) is 11.1. The van der Waals surface area contributed by atoms with Crippen molar-refractivity contribution in [2.24, 2.45) is 7.05 Å². The number of sulfonamides is 1. The second kappa shape index (κ2) is 5.32. The zero-order valence-corrected chi connectivity index (χ0v) is 11.8. The quantitative estimate of drug-likeness (QED) is 0.577. The number of aryl methyl sites for hydroxylation is 1. The van der Waals surface area contributed by atoms with E-state index < -0.39 is 14.9 Å². The molecule has 0 radical (unpaired) electrons. The van der Waals surface area contributed by atoms with Crippen molar-refractivity contribution in [1.29, 1.82) is 0 Å². The van der Waals surface area contributed by atoms with Crippen molar-refractivity contribution in [3.63, 3.8) is 0 Å². The van der Waals surface area contributed by atoms with Crippen LogP contribution in [0.5, 0.6) is 0 Å². The van der Waals surface area contributed by atoms with Crippen LogP contribution in [0.1, 0.15) is 0 Å². The van der Waals surface area contributed by atoms with Gasteiger partial charge in [-0.3, -0.25) is 10.1 Å². The lowest BCUT2D eigenvalue weighted by atomic mass is 10.3. The molecule has 0 bridgehead atoms. The zero-order chi connectivity index (χ0) is 15.6. The molecule has 21 heavy (non-hydrogen) atoms. The molecule has 1 heterocycles. The first-order valence-corrected chi connectivity index (χ1v) is 7.05. The number of hydrogen-bond acceptors (Lipinski definition) is 8. The molecule has 1 aromatic heterocycles. The van der Waals surface area contributed by atoms with E-state index >= 15 is 0 Å². The maximum Gasteiger partial charge on any atom is 0.293 e. The Morgan fingerprint density at radius 3 is 2.62 bits per heavy atom. The number of rotatable bonds is 5. The molecule has 2 aromatic rings. The Labute approximate surface area is 119 Å². The van der Waals surface area contributed by atoms with Gasteiger partial charge in [0.25, 0.3) is 21.7 Å². The Morgan fingerprint density at radius 2 is 2.10 bits per heavy atom. The van der Waals surface area contributed by atoms with Crippen molar-refractivity contribution >= 4 is 27.3 Å². The number of aromatic nitrogens is 4. The molecule has 1 aromatic carbocycles. The van der Waals surface area contributed by atoms with Crippen LogP contribution >= 0.6 is 0 Å². The third-order valence-corrected chi connectivity index (χ3v) is 3.81. The monoisotopic (exact) mass is 313 g/mol. The van der Waals surface area contributed by atoms with Crippen molar-refractivity contribution in [1.82, 2.24) is 20.2 Å². The molecular weight excluding hydrogens is 302 g/mol. The minimum atomic E-state index is -4.04. The Kier molecular flexibility index (Phi) is 3.71. The molecule has 12 heteroatoms. The molecule has 0 spiro atoms. The van der Waals surface area contributed by atoms with Gasteiger partial charge < -0.3 is 5.32 Å². The van der Waals surface area contributed by atoms with E-state index in [0.29, 0.717) is 0 Å². The SMILES string of the molecule is CNc1ccc(S(=O)(=O)Nc2nnn(C)n2)cc1[N+](=O)[O-]. The lowest BCUT2D eigenvalue weighted by Gasteiger charge is -2.06. The maximum absolute atomic E-state index is 12.1. The predicted octanol–water partition coefficient (Wildman–Crippen LogP) is -0.0392. The zero-order valence-electron chi connectivity index (χ0n) is 11.0. The third kappa shape index (κ3) is 3.05. The molecule has 0 aliphatic carbocycles. The summed E-state index contributed by atoms with van der Waals surface area (Å²) >= 11 is 0. The van der Waals surface area contributed by atoms with Crippen LogP contribution in [0, 0.1) is 10.1 Å². The van der Waals surface area contributed by atoms with E-state index in [2.05, 4.69) is 25.4 Å². The number of nitro benzene ring substituents is 1. The highest BCUT2D eigenvalue weighted by atomic mass is 32.2. The van der Waals surface area contributed by atoms with Crippen LogP contribution < -0.4 is 10.0 Å². The van der Waals surface area contributed by atoms with Gasteiger partial charge in [0.2, 0.25) is 0 Å². The molecule has 0 amide bonds. The summed E-state index contributed by atoms with van der Waals surface area (Å²) in [6.45, 7) is 0. The average Bonchev–Trinajstić information content (AvgIpc) is 2.82. The normalized spacial score (nSPS) is 11.1. The smallest absolute Gasteiger partial charge is 0.293 e. The molecule has 11 nitrogen and oxygen atoms in total. The Morgan fingerprint density at radius 1 is 1.38 bits per heavy atom. The molecule has 0 aliphatic heterocycles. The van der Waals surface area contributed by atoms with Crippen molar-refractivity contribution in [3.8, 4) is 0 Å². The van der Waals surface area contributed by atoms with E-state index in [1.165, 1.54) is 26.2 Å². The number of benzene rings is 1. The highest BCUT2D eigenvalue weighted by molar-refractivity contribution is 7.92. The van der Waals surface area contributed by atoms with Gasteiger partial charge in [-0.2, -0.15) is 4.80 Å². The fraction of sp³-hybridized carbons (Fsp3) is 0.222. The molecule has 2 rings (SSSR count). The van der Waals surface area contributed by atoms with Crippen molar-refractivity contribution in [2.45, 2.75) is 4.90 Å². The van der Waals surface area contributed by atoms with Crippen LogP contribution in [0.15, 0.2) is 23.1 Å². The fourth-order valence-electron chi connectivity index (χ4n) is 1.55. The van der Waals surface area contributed by atoms with Crippen molar-refractivity contribution in [3.05, 3.63) is 28.3 Å². The molecule has 0 unspecified atom stereocenters. The summed E-state index contributed by atoms with van der Waals surface area (Å²) in [5.41, 5.74) is -0.149. The first-order valence-electron chi connectivity index (χ1n) is 5.56. The first-order chi connectivity index (χ1) is 9.83. The molecule has 112 valence electrons. The van der Waals surface area contributed by atoms with Crippen LogP contribution in [-0.2, 0) is 17.1 Å². The fourth-order valence-corrected chi connectivity index (χ4v) is 2.50. The first kappa shape index (κ1) is 14.6. The third-order valence-electron chi connectivity index (χ3n) is 2.48. The van der Waals surface area contributed by atoms with Gasteiger partial charge in [-0.05, 0) is 17.3 Å². The molecule has 0 atom stereocenters. The van der Waals surface area contributed by atoms with Gasteiger partial charge in [0.15, 0.2) is 0 Å². The number of nitro groups is 1. The van der Waals surface area contributed by atoms with E-state index in [1.807, 2.05) is 0 Å². The second-order valence-corrected chi connectivity index (χ2v) is 5.58. The van der Waals surface area contributed by atoms with Gasteiger partial charge in [0, 0.05) is 13.1 Å². The van der Waals surface area contributed by atoms with Crippen LogP contribution in [0.2, 0.25) is 0 Å². The minimum absolute atomic E-state index is 0.205. The minimum Gasteiger partial charge on any atom is -0.383 e. The van der Waals surface area contributed by atoms with Gasteiger partial charge in [-0.25, -0.2) is 13.1 Å². The number of nitrogens with one attached hydrogen (secondary N) is 2. The van der Waals surface area contributed by atoms with Crippen LogP contribution in [0.3, 0.4) is 0 Å². The van der Waals surface area contributed by atoms with Gasteiger partial charge in [-0.15, -0.1) is 5.10 Å². The summed E-state index contributed by atoms with van der Waals surface area (Å²) in [6, 6.07) is 3.48. The largest absolute Gasteiger partial charge is 0.383 e. The molecule has 0 saturated heterocycles.